The molecular formula is C12H21N3O2. The van der Waals surface area contributed by atoms with Gasteiger partial charge in [-0.2, -0.15) is 0 Å². The zero-order valence-electron chi connectivity index (χ0n) is 10.2. The van der Waals surface area contributed by atoms with Crippen molar-refractivity contribution in [2.24, 2.45) is 0 Å². The Morgan fingerprint density at radius 3 is 2.65 bits per heavy atom. The van der Waals surface area contributed by atoms with Crippen molar-refractivity contribution in [3.63, 3.8) is 0 Å². The van der Waals surface area contributed by atoms with Crippen molar-refractivity contribution in [1.29, 1.82) is 0 Å². The molecule has 96 valence electrons. The first-order chi connectivity index (χ1) is 8.31. The molecule has 3 fully saturated rings. The van der Waals surface area contributed by atoms with Crippen LogP contribution in [-0.4, -0.2) is 55.4 Å². The Labute approximate surface area is 102 Å². The number of urea groups is 1. The van der Waals surface area contributed by atoms with Crippen molar-refractivity contribution in [1.82, 2.24) is 15.5 Å². The standard InChI is InChI=1S/C12H21N3O2/c16-12(14-10-4-6-17-8-10)13-9-3-5-15(7-9)11-1-2-11/h9-11H,1-8H2,(H2,13,14,16). The van der Waals surface area contributed by atoms with Gasteiger partial charge < -0.3 is 15.4 Å². The Kier molecular flexibility index (Phi) is 3.20. The molecule has 2 aliphatic heterocycles. The van der Waals surface area contributed by atoms with Gasteiger partial charge in [0, 0.05) is 31.8 Å². The molecule has 5 heteroatoms. The second kappa shape index (κ2) is 4.82. The molecular weight excluding hydrogens is 218 g/mol. The zero-order chi connectivity index (χ0) is 11.7. The quantitative estimate of drug-likeness (QED) is 0.745. The second-order valence-electron chi connectivity index (χ2n) is 5.39. The highest BCUT2D eigenvalue weighted by atomic mass is 16.5. The minimum atomic E-state index is -0.0249. The first-order valence-corrected chi connectivity index (χ1v) is 6.70. The molecule has 0 aromatic heterocycles. The van der Waals surface area contributed by atoms with E-state index in [1.54, 1.807) is 0 Å². The highest BCUT2D eigenvalue weighted by molar-refractivity contribution is 5.74. The van der Waals surface area contributed by atoms with Crippen LogP contribution in [0.1, 0.15) is 25.7 Å². The van der Waals surface area contributed by atoms with Crippen molar-refractivity contribution < 1.29 is 9.53 Å². The summed E-state index contributed by atoms with van der Waals surface area (Å²) in [7, 11) is 0. The van der Waals surface area contributed by atoms with Crippen LogP contribution in [-0.2, 0) is 4.74 Å². The van der Waals surface area contributed by atoms with Crippen LogP contribution in [0.2, 0.25) is 0 Å². The third-order valence-electron chi connectivity index (χ3n) is 3.88. The van der Waals surface area contributed by atoms with Crippen LogP contribution in [0.3, 0.4) is 0 Å². The summed E-state index contributed by atoms with van der Waals surface area (Å²) < 4.78 is 5.23. The van der Waals surface area contributed by atoms with Crippen molar-refractivity contribution in [2.45, 2.75) is 43.8 Å². The van der Waals surface area contributed by atoms with E-state index in [9.17, 15) is 4.79 Å². The topological polar surface area (TPSA) is 53.6 Å². The van der Waals surface area contributed by atoms with Gasteiger partial charge in [0.2, 0.25) is 0 Å². The molecule has 17 heavy (non-hydrogen) atoms. The normalized spacial score (nSPS) is 33.9. The summed E-state index contributed by atoms with van der Waals surface area (Å²) in [6, 6.07) is 1.32. The van der Waals surface area contributed by atoms with E-state index < -0.39 is 0 Å². The number of carbonyl (C=O) groups is 1. The molecule has 2 amide bonds. The molecule has 0 aromatic rings. The van der Waals surface area contributed by atoms with E-state index in [1.807, 2.05) is 0 Å². The van der Waals surface area contributed by atoms with Gasteiger partial charge in [0.15, 0.2) is 0 Å². The number of amides is 2. The van der Waals surface area contributed by atoms with Crippen LogP contribution >= 0.6 is 0 Å². The highest BCUT2D eigenvalue weighted by Crippen LogP contribution is 2.29. The smallest absolute Gasteiger partial charge is 0.315 e. The zero-order valence-corrected chi connectivity index (χ0v) is 10.2. The number of hydrogen-bond acceptors (Lipinski definition) is 3. The van der Waals surface area contributed by atoms with Gasteiger partial charge in [-0.3, -0.25) is 4.90 Å². The van der Waals surface area contributed by atoms with Gasteiger partial charge in [0.05, 0.1) is 12.6 Å². The molecule has 1 saturated carbocycles. The largest absolute Gasteiger partial charge is 0.379 e. The Hall–Kier alpha value is -0.810. The minimum absolute atomic E-state index is 0.0249. The molecule has 2 unspecified atom stereocenters. The monoisotopic (exact) mass is 239 g/mol. The number of rotatable bonds is 3. The van der Waals surface area contributed by atoms with Crippen molar-refractivity contribution in [3.8, 4) is 0 Å². The van der Waals surface area contributed by atoms with E-state index in [4.69, 9.17) is 4.74 Å². The summed E-state index contributed by atoms with van der Waals surface area (Å²) in [5.74, 6) is 0. The van der Waals surface area contributed by atoms with E-state index >= 15 is 0 Å². The maximum atomic E-state index is 11.8. The van der Waals surface area contributed by atoms with Crippen LogP contribution < -0.4 is 10.6 Å². The molecule has 0 aromatic carbocycles. The van der Waals surface area contributed by atoms with Crippen LogP contribution in [0.15, 0.2) is 0 Å². The summed E-state index contributed by atoms with van der Waals surface area (Å²) in [6.07, 6.45) is 4.72. The molecule has 0 spiro atoms. The molecule has 0 bridgehead atoms. The van der Waals surface area contributed by atoms with Crippen LogP contribution in [0.5, 0.6) is 0 Å². The number of ether oxygens (including phenoxy) is 1. The van der Waals surface area contributed by atoms with E-state index in [0.29, 0.717) is 12.6 Å². The molecule has 2 saturated heterocycles. The van der Waals surface area contributed by atoms with Crippen LogP contribution in [0.25, 0.3) is 0 Å². The second-order valence-corrected chi connectivity index (χ2v) is 5.39. The van der Waals surface area contributed by atoms with Gasteiger partial charge in [-0.05, 0) is 25.7 Å². The lowest BCUT2D eigenvalue weighted by Crippen LogP contribution is -2.47. The third-order valence-corrected chi connectivity index (χ3v) is 3.88. The molecule has 3 rings (SSSR count). The summed E-state index contributed by atoms with van der Waals surface area (Å²) in [6.45, 7) is 3.59. The van der Waals surface area contributed by atoms with Gasteiger partial charge in [0.1, 0.15) is 0 Å². The van der Waals surface area contributed by atoms with E-state index in [0.717, 1.165) is 38.6 Å². The molecule has 1 aliphatic carbocycles. The van der Waals surface area contributed by atoms with E-state index in [1.165, 1.54) is 12.8 Å². The average molecular weight is 239 g/mol. The molecule has 2 heterocycles. The molecule has 5 nitrogen and oxygen atoms in total. The van der Waals surface area contributed by atoms with Crippen LogP contribution in [0, 0.1) is 0 Å². The summed E-state index contributed by atoms with van der Waals surface area (Å²) >= 11 is 0. The number of hydrogen-bond donors (Lipinski definition) is 2. The lowest BCUT2D eigenvalue weighted by Gasteiger charge is -2.17. The number of likely N-dealkylation sites (tertiary alicyclic amines) is 1. The first-order valence-electron chi connectivity index (χ1n) is 6.70. The fourth-order valence-corrected chi connectivity index (χ4v) is 2.74. The lowest BCUT2D eigenvalue weighted by molar-refractivity contribution is 0.188. The molecule has 0 radical (unpaired) electrons. The van der Waals surface area contributed by atoms with Gasteiger partial charge in [0.25, 0.3) is 0 Å². The van der Waals surface area contributed by atoms with Crippen molar-refractivity contribution in [3.05, 3.63) is 0 Å². The summed E-state index contributed by atoms with van der Waals surface area (Å²) in [4.78, 5) is 14.3. The van der Waals surface area contributed by atoms with Crippen molar-refractivity contribution in [2.75, 3.05) is 26.3 Å². The summed E-state index contributed by atoms with van der Waals surface area (Å²) in [5, 5.41) is 6.04. The SMILES string of the molecule is O=C(NC1CCOC1)NC1CCN(C2CC2)C1. The molecule has 2 N–H and O–H groups in total. The van der Waals surface area contributed by atoms with Gasteiger partial charge in [-0.25, -0.2) is 4.79 Å². The lowest BCUT2D eigenvalue weighted by atomic mass is 10.2. The molecule has 3 aliphatic rings. The Bertz CT molecular complexity index is 287. The Balaban J connectivity index is 1.39. The fourth-order valence-electron chi connectivity index (χ4n) is 2.74. The van der Waals surface area contributed by atoms with Gasteiger partial charge in [-0.1, -0.05) is 0 Å². The average Bonchev–Trinajstić information content (AvgIpc) is 2.84. The maximum absolute atomic E-state index is 11.8. The third kappa shape index (κ3) is 2.90. The summed E-state index contributed by atoms with van der Waals surface area (Å²) in [5.41, 5.74) is 0. The predicted molar refractivity (Wildman–Crippen MR) is 63.9 cm³/mol. The predicted octanol–water partition coefficient (Wildman–Crippen LogP) is 0.311. The Morgan fingerprint density at radius 2 is 1.94 bits per heavy atom. The van der Waals surface area contributed by atoms with Gasteiger partial charge in [-0.15, -0.1) is 0 Å². The Morgan fingerprint density at radius 1 is 1.12 bits per heavy atom. The molecule has 2 atom stereocenters. The van der Waals surface area contributed by atoms with Crippen molar-refractivity contribution >= 4 is 6.03 Å². The van der Waals surface area contributed by atoms with Crippen LogP contribution in [0.4, 0.5) is 4.79 Å². The number of nitrogens with one attached hydrogen (secondary N) is 2. The minimum Gasteiger partial charge on any atom is -0.379 e. The van der Waals surface area contributed by atoms with E-state index in [-0.39, 0.29) is 12.1 Å². The highest BCUT2D eigenvalue weighted by Gasteiger charge is 2.34. The van der Waals surface area contributed by atoms with E-state index in [2.05, 4.69) is 15.5 Å². The number of nitrogens with zero attached hydrogens (tertiary/aromatic N) is 1. The maximum Gasteiger partial charge on any atom is 0.315 e. The number of carbonyl (C=O) groups excluding carboxylic acids is 1. The fraction of sp³-hybridized carbons (Fsp3) is 0.917. The van der Waals surface area contributed by atoms with Gasteiger partial charge >= 0.3 is 6.03 Å². The first kappa shape index (κ1) is 11.3.